The number of anilines is 1. The highest BCUT2D eigenvalue weighted by atomic mass is 16.2. The molecule has 1 aliphatic carbocycles. The van der Waals surface area contributed by atoms with E-state index in [1.54, 1.807) is 25.2 Å². The van der Waals surface area contributed by atoms with Crippen LogP contribution < -0.4 is 10.5 Å². The van der Waals surface area contributed by atoms with Gasteiger partial charge in [0.15, 0.2) is 5.69 Å². The van der Waals surface area contributed by atoms with Crippen LogP contribution in [0.2, 0.25) is 0 Å². The molecule has 2 aliphatic rings. The fraction of sp³-hybridized carbons (Fsp3) is 0.364. The molecule has 1 amide bonds. The zero-order chi connectivity index (χ0) is 20.0. The van der Waals surface area contributed by atoms with Crippen LogP contribution in [0.1, 0.15) is 34.8 Å². The van der Waals surface area contributed by atoms with Gasteiger partial charge in [0.05, 0.1) is 17.3 Å². The highest BCUT2D eigenvalue weighted by Crippen LogP contribution is 2.40. The smallest absolute Gasteiger partial charge is 0.275 e. The Morgan fingerprint density at radius 3 is 2.48 bits per heavy atom. The summed E-state index contributed by atoms with van der Waals surface area (Å²) in [7, 11) is 1.59. The van der Waals surface area contributed by atoms with E-state index in [0.29, 0.717) is 35.5 Å². The molecule has 7 nitrogen and oxygen atoms in total. The van der Waals surface area contributed by atoms with Gasteiger partial charge in [-0.15, -0.1) is 0 Å². The lowest BCUT2D eigenvalue weighted by atomic mass is 10.1. The van der Waals surface area contributed by atoms with Crippen LogP contribution in [-0.2, 0) is 7.05 Å². The predicted octanol–water partition coefficient (Wildman–Crippen LogP) is 2.17. The molecule has 3 heterocycles. The van der Waals surface area contributed by atoms with Gasteiger partial charge in [-0.1, -0.05) is 18.2 Å². The molecule has 0 N–H and O–H groups in total. The van der Waals surface area contributed by atoms with Crippen molar-refractivity contribution in [1.29, 1.82) is 0 Å². The first-order valence-electron chi connectivity index (χ1n) is 10.1. The van der Waals surface area contributed by atoms with Crippen LogP contribution >= 0.6 is 0 Å². The number of nitrogens with zero attached hydrogens (tertiary/aromatic N) is 5. The lowest BCUT2D eigenvalue weighted by molar-refractivity contribution is 0.0740. The first kappa shape index (κ1) is 17.8. The van der Waals surface area contributed by atoms with Gasteiger partial charge in [-0.3, -0.25) is 14.6 Å². The van der Waals surface area contributed by atoms with E-state index in [4.69, 9.17) is 0 Å². The number of hydrogen-bond acceptors (Lipinski definition) is 5. The third-order valence-corrected chi connectivity index (χ3v) is 5.88. The lowest BCUT2D eigenvalue weighted by Crippen LogP contribution is -2.49. The topological polar surface area (TPSA) is 71.3 Å². The van der Waals surface area contributed by atoms with Crippen molar-refractivity contribution in [1.82, 2.24) is 19.7 Å². The number of benzene rings is 1. The SMILES string of the molecule is Cn1nc(C(=O)N2CCN(c3cncc(C4CC4)c3)CC2)c2ccccc2c1=O. The average Bonchev–Trinajstić information content (AvgIpc) is 3.62. The number of carbonyl (C=O) groups excluding carboxylic acids is 1. The molecule has 148 valence electrons. The van der Waals surface area contributed by atoms with Crippen LogP contribution in [0.3, 0.4) is 0 Å². The number of aromatic nitrogens is 3. The molecule has 1 saturated carbocycles. The molecule has 2 aromatic heterocycles. The second-order valence-electron chi connectivity index (χ2n) is 7.85. The molecule has 7 heteroatoms. The molecule has 0 bridgehead atoms. The standard InChI is InChI=1S/C22H23N5O2/c1-25-21(28)19-5-3-2-4-18(19)20(24-25)22(29)27-10-8-26(9-11-27)17-12-16(13-23-14-17)15-6-7-15/h2-5,12-15H,6-11H2,1H3. The molecular weight excluding hydrogens is 366 g/mol. The second kappa shape index (κ2) is 6.99. The van der Waals surface area contributed by atoms with Crippen molar-refractivity contribution in [2.24, 2.45) is 7.05 Å². The Hall–Kier alpha value is -3.22. The molecule has 2 fully saturated rings. The summed E-state index contributed by atoms with van der Waals surface area (Å²) >= 11 is 0. The Balaban J connectivity index is 1.36. The van der Waals surface area contributed by atoms with Crippen LogP contribution in [0.15, 0.2) is 47.5 Å². The Bertz CT molecular complexity index is 1140. The third-order valence-electron chi connectivity index (χ3n) is 5.88. The number of carbonyl (C=O) groups is 1. The largest absolute Gasteiger partial charge is 0.367 e. The minimum absolute atomic E-state index is 0.124. The first-order chi connectivity index (χ1) is 14.1. The van der Waals surface area contributed by atoms with Crippen molar-refractivity contribution < 1.29 is 4.79 Å². The van der Waals surface area contributed by atoms with Crippen molar-refractivity contribution in [3.8, 4) is 0 Å². The number of rotatable bonds is 3. The quantitative estimate of drug-likeness (QED) is 0.687. The zero-order valence-electron chi connectivity index (χ0n) is 16.4. The van der Waals surface area contributed by atoms with Gasteiger partial charge >= 0.3 is 0 Å². The Labute approximate surface area is 168 Å². The summed E-state index contributed by atoms with van der Waals surface area (Å²) in [6.07, 6.45) is 6.39. The number of aryl methyl sites for hydroxylation is 1. The van der Waals surface area contributed by atoms with E-state index in [9.17, 15) is 9.59 Å². The number of hydrogen-bond donors (Lipinski definition) is 0. The van der Waals surface area contributed by atoms with Gasteiger partial charge in [-0.05, 0) is 36.5 Å². The maximum Gasteiger partial charge on any atom is 0.275 e. The van der Waals surface area contributed by atoms with Crippen LogP contribution in [0.5, 0.6) is 0 Å². The minimum atomic E-state index is -0.190. The monoisotopic (exact) mass is 389 g/mol. The third kappa shape index (κ3) is 3.26. The predicted molar refractivity (Wildman–Crippen MR) is 111 cm³/mol. The molecule has 3 aromatic rings. The van der Waals surface area contributed by atoms with E-state index in [1.807, 2.05) is 23.4 Å². The summed E-state index contributed by atoms with van der Waals surface area (Å²) in [4.78, 5) is 34.0. The fourth-order valence-corrected chi connectivity index (χ4v) is 4.03. The normalized spacial score (nSPS) is 17.0. The van der Waals surface area contributed by atoms with Gasteiger partial charge in [0.2, 0.25) is 0 Å². The molecule has 0 radical (unpaired) electrons. The van der Waals surface area contributed by atoms with Gasteiger partial charge < -0.3 is 9.80 Å². The van der Waals surface area contributed by atoms with Gasteiger partial charge in [-0.25, -0.2) is 4.68 Å². The number of pyridine rings is 1. The van der Waals surface area contributed by atoms with Crippen molar-refractivity contribution in [3.63, 3.8) is 0 Å². The Morgan fingerprint density at radius 1 is 1.03 bits per heavy atom. The molecule has 1 aliphatic heterocycles. The van der Waals surface area contributed by atoms with Crippen molar-refractivity contribution in [3.05, 3.63) is 64.3 Å². The van der Waals surface area contributed by atoms with E-state index < -0.39 is 0 Å². The maximum atomic E-state index is 13.2. The number of piperazine rings is 1. The van der Waals surface area contributed by atoms with Crippen molar-refractivity contribution in [2.75, 3.05) is 31.1 Å². The van der Waals surface area contributed by atoms with Gasteiger partial charge in [0.25, 0.3) is 11.5 Å². The molecule has 0 spiro atoms. The first-order valence-corrected chi connectivity index (χ1v) is 10.1. The Morgan fingerprint density at radius 2 is 1.76 bits per heavy atom. The molecular formula is C22H23N5O2. The number of fused-ring (bicyclic) bond motifs is 1. The van der Waals surface area contributed by atoms with E-state index in [2.05, 4.69) is 21.0 Å². The van der Waals surface area contributed by atoms with Gasteiger partial charge in [0, 0.05) is 44.8 Å². The van der Waals surface area contributed by atoms with E-state index in [0.717, 1.165) is 18.8 Å². The zero-order valence-corrected chi connectivity index (χ0v) is 16.4. The maximum absolute atomic E-state index is 13.2. The molecule has 5 rings (SSSR count). The summed E-state index contributed by atoms with van der Waals surface area (Å²) < 4.78 is 1.25. The summed E-state index contributed by atoms with van der Waals surface area (Å²) in [5.41, 5.74) is 2.60. The van der Waals surface area contributed by atoms with Crippen LogP contribution in [0.25, 0.3) is 10.8 Å². The van der Waals surface area contributed by atoms with E-state index >= 15 is 0 Å². The molecule has 0 unspecified atom stereocenters. The molecule has 0 atom stereocenters. The average molecular weight is 389 g/mol. The van der Waals surface area contributed by atoms with E-state index in [1.165, 1.54) is 23.1 Å². The van der Waals surface area contributed by atoms with Crippen LogP contribution in [0.4, 0.5) is 5.69 Å². The number of amides is 1. The van der Waals surface area contributed by atoms with Crippen molar-refractivity contribution >= 4 is 22.4 Å². The molecule has 29 heavy (non-hydrogen) atoms. The highest BCUT2D eigenvalue weighted by molar-refractivity contribution is 6.04. The minimum Gasteiger partial charge on any atom is -0.367 e. The van der Waals surface area contributed by atoms with Gasteiger partial charge in [-0.2, -0.15) is 5.10 Å². The van der Waals surface area contributed by atoms with Crippen LogP contribution in [0, 0.1) is 0 Å². The second-order valence-corrected chi connectivity index (χ2v) is 7.85. The van der Waals surface area contributed by atoms with Gasteiger partial charge in [0.1, 0.15) is 0 Å². The lowest BCUT2D eigenvalue weighted by Gasteiger charge is -2.36. The van der Waals surface area contributed by atoms with Crippen molar-refractivity contribution in [2.45, 2.75) is 18.8 Å². The summed E-state index contributed by atoms with van der Waals surface area (Å²) in [5, 5.41) is 5.42. The van der Waals surface area contributed by atoms with Crippen LogP contribution in [-0.4, -0.2) is 51.8 Å². The summed E-state index contributed by atoms with van der Waals surface area (Å²) in [6, 6.07) is 9.42. The fourth-order valence-electron chi connectivity index (χ4n) is 4.03. The molecule has 1 saturated heterocycles. The van der Waals surface area contributed by atoms with E-state index in [-0.39, 0.29) is 11.5 Å². The summed E-state index contributed by atoms with van der Waals surface area (Å²) in [5.74, 6) is 0.552. The summed E-state index contributed by atoms with van der Waals surface area (Å²) in [6.45, 7) is 2.74. The highest BCUT2D eigenvalue weighted by Gasteiger charge is 2.27. The molecule has 1 aromatic carbocycles. The Kier molecular flexibility index (Phi) is 4.30.